The first kappa shape index (κ1) is 20.4. The van der Waals surface area contributed by atoms with Crippen LogP contribution in [0.25, 0.3) is 0 Å². The zero-order valence-corrected chi connectivity index (χ0v) is 16.4. The molecule has 1 amide bonds. The largest absolute Gasteiger partial charge is 0.449 e. The Morgan fingerprint density at radius 1 is 1.05 bits per heavy atom. The van der Waals surface area contributed by atoms with Crippen molar-refractivity contribution in [3.05, 3.63) is 0 Å². The normalized spacial score (nSPS) is 12.9. The van der Waals surface area contributed by atoms with Crippen molar-refractivity contribution < 1.29 is 14.0 Å². The van der Waals surface area contributed by atoms with Crippen molar-refractivity contribution in [1.29, 1.82) is 0 Å². The highest BCUT2D eigenvalue weighted by atomic mass is 28.4. The van der Waals surface area contributed by atoms with Crippen LogP contribution in [-0.4, -0.2) is 44.6 Å². The molecule has 5 heteroatoms. The lowest BCUT2D eigenvalue weighted by atomic mass is 10.2. The number of nitrogens with zero attached hydrogens (tertiary/aromatic N) is 1. The summed E-state index contributed by atoms with van der Waals surface area (Å²) in [4.78, 5) is 13.8. The van der Waals surface area contributed by atoms with Crippen LogP contribution >= 0.6 is 0 Å². The highest BCUT2D eigenvalue weighted by Crippen LogP contribution is 2.36. The van der Waals surface area contributed by atoms with Crippen molar-refractivity contribution in [1.82, 2.24) is 4.90 Å². The van der Waals surface area contributed by atoms with Gasteiger partial charge < -0.3 is 14.1 Å². The Kier molecular flexibility index (Phi) is 7.96. The van der Waals surface area contributed by atoms with E-state index in [2.05, 4.69) is 33.9 Å². The summed E-state index contributed by atoms with van der Waals surface area (Å²) in [5.74, 6) is 0. The summed E-state index contributed by atoms with van der Waals surface area (Å²) in [6.45, 7) is 20.2. The van der Waals surface area contributed by atoms with Crippen LogP contribution in [0.5, 0.6) is 0 Å². The highest BCUT2D eigenvalue weighted by molar-refractivity contribution is 6.74. The zero-order chi connectivity index (χ0) is 16.8. The molecule has 0 aliphatic heterocycles. The van der Waals surface area contributed by atoms with Gasteiger partial charge in [0.25, 0.3) is 0 Å². The maximum atomic E-state index is 12.0. The van der Waals surface area contributed by atoms with Crippen molar-refractivity contribution >= 4 is 14.4 Å². The van der Waals surface area contributed by atoms with Crippen LogP contribution in [-0.2, 0) is 9.16 Å². The second-order valence-electron chi connectivity index (χ2n) is 7.67. The van der Waals surface area contributed by atoms with Gasteiger partial charge in [-0.15, -0.1) is 0 Å². The molecule has 0 aromatic heterocycles. The van der Waals surface area contributed by atoms with Gasteiger partial charge >= 0.3 is 6.09 Å². The number of carbonyl (C=O) groups is 1. The molecular weight excluding hydrogens is 282 g/mol. The molecule has 0 N–H and O–H groups in total. The van der Waals surface area contributed by atoms with Crippen LogP contribution in [0, 0.1) is 0 Å². The molecule has 0 rings (SSSR count). The number of hydrogen-bond acceptors (Lipinski definition) is 3. The van der Waals surface area contributed by atoms with E-state index in [0.717, 1.165) is 6.42 Å². The second-order valence-corrected chi connectivity index (χ2v) is 12.5. The zero-order valence-electron chi connectivity index (χ0n) is 15.4. The predicted octanol–water partition coefficient (Wildman–Crippen LogP) is 4.65. The molecule has 0 aliphatic carbocycles. The first-order chi connectivity index (χ1) is 9.40. The van der Waals surface area contributed by atoms with E-state index >= 15 is 0 Å². The van der Waals surface area contributed by atoms with E-state index in [4.69, 9.17) is 9.16 Å². The minimum Gasteiger partial charge on any atom is -0.449 e. The summed E-state index contributed by atoms with van der Waals surface area (Å²) >= 11 is 0. The quantitative estimate of drug-likeness (QED) is 0.506. The fourth-order valence-electron chi connectivity index (χ4n) is 1.85. The fourth-order valence-corrected chi connectivity index (χ4v) is 2.94. The third-order valence-electron chi connectivity index (χ3n) is 4.11. The van der Waals surface area contributed by atoms with E-state index < -0.39 is 8.32 Å². The predicted molar refractivity (Wildman–Crippen MR) is 91.2 cm³/mol. The van der Waals surface area contributed by atoms with E-state index in [0.29, 0.717) is 13.2 Å². The first-order valence-electron chi connectivity index (χ1n) is 7.99. The van der Waals surface area contributed by atoms with Gasteiger partial charge in [0.15, 0.2) is 8.32 Å². The van der Waals surface area contributed by atoms with Crippen LogP contribution in [0.2, 0.25) is 18.1 Å². The molecule has 0 aromatic carbocycles. The topological polar surface area (TPSA) is 38.8 Å². The fraction of sp³-hybridized carbons (Fsp3) is 0.938. The maximum Gasteiger partial charge on any atom is 0.410 e. The molecule has 21 heavy (non-hydrogen) atoms. The summed E-state index contributed by atoms with van der Waals surface area (Å²) in [5, 5.41) is 0.218. The highest BCUT2D eigenvalue weighted by Gasteiger charge is 2.36. The standard InChI is InChI=1S/C16H35NO3Si/c1-13(2)17(14(3)4)15(18)19-11-10-12-20-21(8,9)16(5,6)7/h13-14H,10-12H2,1-9H3. The molecule has 0 saturated carbocycles. The van der Waals surface area contributed by atoms with Gasteiger partial charge in [-0.3, -0.25) is 0 Å². The van der Waals surface area contributed by atoms with Gasteiger partial charge in [-0.25, -0.2) is 4.79 Å². The third kappa shape index (κ3) is 6.83. The Morgan fingerprint density at radius 2 is 1.52 bits per heavy atom. The lowest BCUT2D eigenvalue weighted by Gasteiger charge is -2.36. The molecule has 0 spiro atoms. The average molecular weight is 318 g/mol. The monoisotopic (exact) mass is 317 g/mol. The van der Waals surface area contributed by atoms with Gasteiger partial charge in [0.05, 0.1) is 6.61 Å². The molecule has 0 bridgehead atoms. The molecule has 4 nitrogen and oxygen atoms in total. The molecule has 0 unspecified atom stereocenters. The van der Waals surface area contributed by atoms with Crippen molar-refractivity contribution in [3.63, 3.8) is 0 Å². The summed E-state index contributed by atoms with van der Waals surface area (Å²) < 4.78 is 11.4. The van der Waals surface area contributed by atoms with Crippen LogP contribution < -0.4 is 0 Å². The molecule has 0 saturated heterocycles. The number of ether oxygens (including phenoxy) is 1. The minimum absolute atomic E-state index is 0.154. The SMILES string of the molecule is CC(C)N(C(=O)OCCCO[Si](C)(C)C(C)(C)C)C(C)C. The molecule has 0 radical (unpaired) electrons. The smallest absolute Gasteiger partial charge is 0.410 e. The number of hydrogen-bond donors (Lipinski definition) is 0. The molecule has 0 aromatic rings. The molecule has 126 valence electrons. The first-order valence-corrected chi connectivity index (χ1v) is 10.9. The van der Waals surface area contributed by atoms with Crippen molar-refractivity contribution in [2.45, 2.75) is 85.1 Å². The Labute approximate surface area is 132 Å². The number of amides is 1. The maximum absolute atomic E-state index is 12.0. The summed E-state index contributed by atoms with van der Waals surface area (Å²) in [7, 11) is -1.69. The van der Waals surface area contributed by atoms with Gasteiger partial charge in [0.1, 0.15) is 0 Å². The third-order valence-corrected chi connectivity index (χ3v) is 8.64. The van der Waals surface area contributed by atoms with Crippen molar-refractivity contribution in [2.75, 3.05) is 13.2 Å². The van der Waals surface area contributed by atoms with Gasteiger partial charge in [-0.05, 0) is 45.8 Å². The minimum atomic E-state index is -1.69. The van der Waals surface area contributed by atoms with Crippen LogP contribution in [0.4, 0.5) is 4.79 Å². The molecule has 0 aliphatic rings. The molecule has 0 heterocycles. The number of carbonyl (C=O) groups excluding carboxylic acids is 1. The average Bonchev–Trinajstić information content (AvgIpc) is 2.25. The molecular formula is C16H35NO3Si. The summed E-state index contributed by atoms with van der Waals surface area (Å²) in [6.07, 6.45) is 0.523. The van der Waals surface area contributed by atoms with E-state index in [9.17, 15) is 4.79 Å². The van der Waals surface area contributed by atoms with Gasteiger partial charge in [0, 0.05) is 25.1 Å². The summed E-state index contributed by atoms with van der Waals surface area (Å²) in [5.41, 5.74) is 0. The van der Waals surface area contributed by atoms with Crippen molar-refractivity contribution in [3.8, 4) is 0 Å². The Morgan fingerprint density at radius 3 is 1.90 bits per heavy atom. The number of rotatable bonds is 7. The Balaban J connectivity index is 4.09. The van der Waals surface area contributed by atoms with E-state index in [-0.39, 0.29) is 23.2 Å². The van der Waals surface area contributed by atoms with Gasteiger partial charge in [0.2, 0.25) is 0 Å². The van der Waals surface area contributed by atoms with Gasteiger partial charge in [-0.2, -0.15) is 0 Å². The Hall–Kier alpha value is -0.553. The van der Waals surface area contributed by atoms with E-state index in [1.807, 2.05) is 27.7 Å². The summed E-state index contributed by atoms with van der Waals surface area (Å²) in [6, 6.07) is 0.307. The molecule has 0 fully saturated rings. The van der Waals surface area contributed by atoms with E-state index in [1.165, 1.54) is 0 Å². The van der Waals surface area contributed by atoms with Crippen LogP contribution in [0.3, 0.4) is 0 Å². The van der Waals surface area contributed by atoms with Crippen molar-refractivity contribution in [2.24, 2.45) is 0 Å². The van der Waals surface area contributed by atoms with Gasteiger partial charge in [-0.1, -0.05) is 20.8 Å². The lowest BCUT2D eigenvalue weighted by molar-refractivity contribution is 0.0748. The Bertz CT molecular complexity index is 314. The molecule has 0 atom stereocenters. The second kappa shape index (κ2) is 8.18. The van der Waals surface area contributed by atoms with E-state index in [1.54, 1.807) is 4.90 Å². The lowest BCUT2D eigenvalue weighted by Crippen LogP contribution is -2.43. The van der Waals surface area contributed by atoms with Crippen LogP contribution in [0.1, 0.15) is 54.9 Å². The van der Waals surface area contributed by atoms with Crippen LogP contribution in [0.15, 0.2) is 0 Å².